The van der Waals surface area contributed by atoms with Crippen LogP contribution in [0.3, 0.4) is 0 Å². The Hall–Kier alpha value is -1.09. The normalized spacial score (nSPS) is 15.1. The number of rotatable bonds is 9. The average molecular weight is 282 g/mol. The van der Waals surface area contributed by atoms with Crippen LogP contribution in [0.1, 0.15) is 53.4 Å². The molecular formula is C17H30O3. The number of aliphatic hydroxyl groups excluding tert-OH is 1. The minimum absolute atomic E-state index is 0.00655. The zero-order chi connectivity index (χ0) is 15.6. The van der Waals surface area contributed by atoms with Crippen molar-refractivity contribution in [3.63, 3.8) is 0 Å². The number of unbranched alkanes of at least 4 members (excludes halogenated alkanes) is 1. The van der Waals surface area contributed by atoms with Crippen molar-refractivity contribution in [2.45, 2.75) is 59.5 Å². The Morgan fingerprint density at radius 1 is 1.40 bits per heavy atom. The van der Waals surface area contributed by atoms with Gasteiger partial charge in [0.05, 0.1) is 18.1 Å². The van der Waals surface area contributed by atoms with Gasteiger partial charge in [-0.3, -0.25) is 4.79 Å². The zero-order valence-corrected chi connectivity index (χ0v) is 13.4. The molecule has 0 spiro atoms. The number of esters is 1. The first-order valence-corrected chi connectivity index (χ1v) is 7.47. The van der Waals surface area contributed by atoms with Crippen molar-refractivity contribution in [2.24, 2.45) is 11.3 Å². The molecule has 0 saturated heterocycles. The van der Waals surface area contributed by atoms with Crippen LogP contribution in [0.15, 0.2) is 24.8 Å². The highest BCUT2D eigenvalue weighted by atomic mass is 16.5. The molecule has 2 atom stereocenters. The molecule has 0 aliphatic heterocycles. The summed E-state index contributed by atoms with van der Waals surface area (Å²) in [5, 5.41) is 9.88. The molecule has 0 radical (unpaired) electrons. The van der Waals surface area contributed by atoms with Crippen molar-refractivity contribution in [1.29, 1.82) is 0 Å². The van der Waals surface area contributed by atoms with E-state index in [2.05, 4.69) is 13.5 Å². The summed E-state index contributed by atoms with van der Waals surface area (Å²) in [5.41, 5.74) is -0.436. The lowest BCUT2D eigenvalue weighted by atomic mass is 9.97. The fraction of sp³-hybridized carbons (Fsp3) is 0.706. The molecule has 0 amide bonds. The van der Waals surface area contributed by atoms with Gasteiger partial charge >= 0.3 is 5.97 Å². The largest absolute Gasteiger partial charge is 0.465 e. The first kappa shape index (κ1) is 18.9. The van der Waals surface area contributed by atoms with Crippen LogP contribution in [0.5, 0.6) is 0 Å². The molecule has 0 fully saturated rings. The molecule has 20 heavy (non-hydrogen) atoms. The van der Waals surface area contributed by atoms with E-state index in [1.807, 2.05) is 32.9 Å². The second-order valence-corrected chi connectivity index (χ2v) is 6.13. The van der Waals surface area contributed by atoms with E-state index in [1.54, 1.807) is 6.08 Å². The van der Waals surface area contributed by atoms with Crippen molar-refractivity contribution in [2.75, 3.05) is 6.61 Å². The maximum absolute atomic E-state index is 11.5. The lowest BCUT2D eigenvalue weighted by Gasteiger charge is -2.16. The summed E-state index contributed by atoms with van der Waals surface area (Å²) < 4.78 is 5.18. The van der Waals surface area contributed by atoms with E-state index in [9.17, 15) is 9.90 Å². The van der Waals surface area contributed by atoms with Gasteiger partial charge in [-0.05, 0) is 40.0 Å². The number of carbonyl (C=O) groups excluding carboxylic acids is 1. The Morgan fingerprint density at radius 2 is 2.05 bits per heavy atom. The average Bonchev–Trinajstić information content (AvgIpc) is 2.36. The molecule has 3 heteroatoms. The van der Waals surface area contributed by atoms with Crippen molar-refractivity contribution >= 4 is 5.97 Å². The highest BCUT2D eigenvalue weighted by Crippen LogP contribution is 2.16. The van der Waals surface area contributed by atoms with Crippen molar-refractivity contribution in [3.8, 4) is 0 Å². The van der Waals surface area contributed by atoms with E-state index < -0.39 is 5.41 Å². The molecule has 1 N–H and O–H groups in total. The highest BCUT2D eigenvalue weighted by Gasteiger charge is 2.22. The molecule has 0 bridgehead atoms. The predicted octanol–water partition coefficient (Wildman–Crippen LogP) is 3.88. The van der Waals surface area contributed by atoms with Crippen LogP contribution in [0.2, 0.25) is 0 Å². The van der Waals surface area contributed by atoms with Crippen LogP contribution in [0.4, 0.5) is 0 Å². The Morgan fingerprint density at radius 3 is 2.55 bits per heavy atom. The van der Waals surface area contributed by atoms with Gasteiger partial charge in [-0.15, -0.1) is 6.58 Å². The van der Waals surface area contributed by atoms with Crippen LogP contribution in [-0.2, 0) is 9.53 Å². The van der Waals surface area contributed by atoms with Crippen LogP contribution in [-0.4, -0.2) is 23.8 Å². The quantitative estimate of drug-likeness (QED) is 0.396. The summed E-state index contributed by atoms with van der Waals surface area (Å²) in [5.74, 6) is -0.157. The molecule has 3 nitrogen and oxygen atoms in total. The van der Waals surface area contributed by atoms with Crippen molar-refractivity contribution in [3.05, 3.63) is 24.8 Å². The van der Waals surface area contributed by atoms with Gasteiger partial charge in [0.1, 0.15) is 0 Å². The molecule has 0 aliphatic carbocycles. The molecule has 2 unspecified atom stereocenters. The van der Waals surface area contributed by atoms with Gasteiger partial charge < -0.3 is 9.84 Å². The van der Waals surface area contributed by atoms with E-state index in [0.29, 0.717) is 6.61 Å². The summed E-state index contributed by atoms with van der Waals surface area (Å²) in [6.45, 7) is 11.8. The third kappa shape index (κ3) is 8.16. The third-order valence-electron chi connectivity index (χ3n) is 3.02. The minimum Gasteiger partial charge on any atom is -0.465 e. The first-order chi connectivity index (χ1) is 9.32. The van der Waals surface area contributed by atoms with Crippen molar-refractivity contribution < 1.29 is 14.6 Å². The van der Waals surface area contributed by atoms with Crippen molar-refractivity contribution in [1.82, 2.24) is 0 Å². The number of hydrogen-bond acceptors (Lipinski definition) is 3. The molecule has 116 valence electrons. The SMILES string of the molecule is C=CC(/C=C/CCCOC(=O)C(C)(C)C)C(O)CCC. The molecule has 0 aromatic heterocycles. The first-order valence-electron chi connectivity index (χ1n) is 7.47. The predicted molar refractivity (Wildman–Crippen MR) is 83.4 cm³/mol. The van der Waals surface area contributed by atoms with Gasteiger partial charge in [-0.2, -0.15) is 0 Å². The molecule has 0 rings (SSSR count). The topological polar surface area (TPSA) is 46.5 Å². The Labute approximate surface area is 123 Å². The van der Waals surface area contributed by atoms with Gasteiger partial charge in [-0.25, -0.2) is 0 Å². The van der Waals surface area contributed by atoms with E-state index in [1.165, 1.54) is 0 Å². The monoisotopic (exact) mass is 282 g/mol. The summed E-state index contributed by atoms with van der Waals surface area (Å²) >= 11 is 0. The molecule has 0 aromatic rings. The zero-order valence-electron chi connectivity index (χ0n) is 13.4. The summed E-state index contributed by atoms with van der Waals surface area (Å²) in [6, 6.07) is 0. The number of hydrogen-bond donors (Lipinski definition) is 1. The van der Waals surface area contributed by atoms with Gasteiger partial charge in [-0.1, -0.05) is 31.6 Å². The number of ether oxygens (including phenoxy) is 1. The smallest absolute Gasteiger partial charge is 0.311 e. The Balaban J connectivity index is 3.91. The third-order valence-corrected chi connectivity index (χ3v) is 3.02. The van der Waals surface area contributed by atoms with Gasteiger partial charge in [0.15, 0.2) is 0 Å². The second-order valence-electron chi connectivity index (χ2n) is 6.13. The maximum Gasteiger partial charge on any atom is 0.311 e. The van der Waals surface area contributed by atoms with Gasteiger partial charge in [0.25, 0.3) is 0 Å². The molecular weight excluding hydrogens is 252 g/mol. The van der Waals surface area contributed by atoms with Gasteiger partial charge in [0, 0.05) is 5.92 Å². The van der Waals surface area contributed by atoms with E-state index in [4.69, 9.17) is 4.74 Å². The maximum atomic E-state index is 11.5. The molecule has 0 aromatic carbocycles. The lowest BCUT2D eigenvalue weighted by molar-refractivity contribution is -0.153. The second kappa shape index (κ2) is 9.76. The Bertz CT molecular complexity index is 313. The number of allylic oxidation sites excluding steroid dienone is 1. The van der Waals surface area contributed by atoms with Crippen LogP contribution in [0, 0.1) is 11.3 Å². The fourth-order valence-electron chi connectivity index (χ4n) is 1.69. The summed E-state index contributed by atoms with van der Waals surface area (Å²) in [4.78, 5) is 11.5. The fourth-order valence-corrected chi connectivity index (χ4v) is 1.69. The van der Waals surface area contributed by atoms with E-state index in [-0.39, 0.29) is 18.0 Å². The number of carbonyl (C=O) groups is 1. The minimum atomic E-state index is -0.436. The lowest BCUT2D eigenvalue weighted by Crippen LogP contribution is -2.23. The van der Waals surface area contributed by atoms with Crippen LogP contribution >= 0.6 is 0 Å². The molecule has 0 saturated carbocycles. The highest BCUT2D eigenvalue weighted by molar-refractivity contribution is 5.75. The summed E-state index contributed by atoms with van der Waals surface area (Å²) in [7, 11) is 0. The van der Waals surface area contributed by atoms with Crippen LogP contribution in [0.25, 0.3) is 0 Å². The Kier molecular flexibility index (Phi) is 9.23. The summed E-state index contributed by atoms with van der Waals surface area (Å²) in [6.07, 6.45) is 8.80. The van der Waals surface area contributed by atoms with Gasteiger partial charge in [0.2, 0.25) is 0 Å². The molecule has 0 aliphatic rings. The van der Waals surface area contributed by atoms with E-state index in [0.717, 1.165) is 25.7 Å². The number of aliphatic hydroxyl groups is 1. The molecule has 0 heterocycles. The van der Waals surface area contributed by atoms with Crippen LogP contribution < -0.4 is 0 Å². The standard InChI is InChI=1S/C17H30O3/c1-6-11-15(18)14(7-2)12-9-8-10-13-20-16(19)17(3,4)5/h7,9,12,14-15,18H,2,6,8,10-11,13H2,1,3-5H3/b12-9+. The van der Waals surface area contributed by atoms with E-state index >= 15 is 0 Å².